The van der Waals surface area contributed by atoms with Gasteiger partial charge in [-0.2, -0.15) is 0 Å². The summed E-state index contributed by atoms with van der Waals surface area (Å²) in [5.74, 6) is -0.401. The van der Waals surface area contributed by atoms with E-state index < -0.39 is 13.2 Å². The lowest BCUT2D eigenvalue weighted by atomic mass is 10.1. The van der Waals surface area contributed by atoms with Crippen LogP contribution in [-0.4, -0.2) is 33.7 Å². The van der Waals surface area contributed by atoms with Crippen LogP contribution in [0.15, 0.2) is 10.9 Å². The smallest absolute Gasteiger partial charge is 0.284 e. The van der Waals surface area contributed by atoms with Gasteiger partial charge in [-0.1, -0.05) is 91.3 Å². The van der Waals surface area contributed by atoms with Gasteiger partial charge in [0.2, 0.25) is 0 Å². The van der Waals surface area contributed by atoms with E-state index in [2.05, 4.69) is 34.6 Å². The molecular formula is C24H50O2PS+. The summed E-state index contributed by atoms with van der Waals surface area (Å²) in [4.78, 5) is 1.47. The Hall–Kier alpha value is 0.120. The normalized spacial score (nSPS) is 12.9. The molecule has 0 radical (unpaired) electrons. The predicted molar refractivity (Wildman–Crippen MR) is 134 cm³/mol. The summed E-state index contributed by atoms with van der Waals surface area (Å²) in [6.07, 6.45) is 20.0. The van der Waals surface area contributed by atoms with Crippen molar-refractivity contribution < 1.29 is 10.2 Å². The third-order valence-corrected chi connectivity index (χ3v) is 13.7. The lowest BCUT2D eigenvalue weighted by Gasteiger charge is -2.35. The third kappa shape index (κ3) is 11.3. The molecule has 2 nitrogen and oxygen atoms in total. The Morgan fingerprint density at radius 3 is 1.57 bits per heavy atom. The van der Waals surface area contributed by atoms with E-state index in [1.165, 1.54) is 89.1 Å². The predicted octanol–water partition coefficient (Wildman–Crippen LogP) is 9.52. The van der Waals surface area contributed by atoms with Crippen molar-refractivity contribution >= 4 is 19.0 Å². The first-order chi connectivity index (χ1) is 13.5. The number of allylic oxidation sites excluding steroid dienone is 1. The van der Waals surface area contributed by atoms with E-state index in [0.717, 1.165) is 17.7 Å². The lowest BCUT2D eigenvalue weighted by Crippen LogP contribution is -2.21. The van der Waals surface area contributed by atoms with Crippen molar-refractivity contribution in [2.75, 3.05) is 18.5 Å². The zero-order valence-corrected chi connectivity index (χ0v) is 21.4. The Labute approximate surface area is 181 Å². The van der Waals surface area contributed by atoms with Crippen LogP contribution in [0.1, 0.15) is 118 Å². The van der Waals surface area contributed by atoms with Crippen LogP contribution in [0.5, 0.6) is 0 Å². The highest BCUT2D eigenvalue weighted by Gasteiger charge is 2.44. The molecule has 0 aromatic heterocycles. The molecule has 0 saturated heterocycles. The van der Waals surface area contributed by atoms with Gasteiger partial charge in [-0.25, -0.2) is 0 Å². The quantitative estimate of drug-likeness (QED) is 0.121. The highest BCUT2D eigenvalue weighted by atomic mass is 32.2. The van der Waals surface area contributed by atoms with Gasteiger partial charge in [0, 0.05) is 7.26 Å². The van der Waals surface area contributed by atoms with Crippen molar-refractivity contribution in [1.82, 2.24) is 0 Å². The molecule has 0 fully saturated rings. The molecule has 0 aliphatic rings. The molecule has 1 unspecified atom stereocenters. The van der Waals surface area contributed by atoms with E-state index in [1.807, 2.05) is 11.8 Å². The molecule has 0 aliphatic carbocycles. The second-order valence-electron chi connectivity index (χ2n) is 8.37. The molecule has 28 heavy (non-hydrogen) atoms. The molecule has 0 spiro atoms. The average Bonchev–Trinajstić information content (AvgIpc) is 2.69. The van der Waals surface area contributed by atoms with Gasteiger partial charge in [0.1, 0.15) is 4.99 Å². The minimum atomic E-state index is -1.10. The van der Waals surface area contributed by atoms with Crippen LogP contribution in [0.2, 0.25) is 0 Å². The fraction of sp³-hybridized carbons (Fsp3) is 0.917. The molecule has 0 heterocycles. The number of unbranched alkanes of at least 4 members (excludes halogenated alkanes) is 6. The summed E-state index contributed by atoms with van der Waals surface area (Å²) in [5, 5.41) is 20.0. The first-order valence-electron chi connectivity index (χ1n) is 12.1. The van der Waals surface area contributed by atoms with Crippen LogP contribution in [0.25, 0.3) is 0 Å². The van der Waals surface area contributed by atoms with E-state index in [1.54, 1.807) is 0 Å². The number of aliphatic hydroxyl groups is 2. The van der Waals surface area contributed by atoms with E-state index in [9.17, 15) is 10.2 Å². The van der Waals surface area contributed by atoms with Crippen molar-refractivity contribution in [3.8, 4) is 0 Å². The van der Waals surface area contributed by atoms with Crippen molar-refractivity contribution in [3.63, 3.8) is 0 Å². The molecule has 4 heteroatoms. The molecule has 0 saturated carbocycles. The Balaban J connectivity index is 5.54. The largest absolute Gasteiger partial charge is 0.481 e. The maximum atomic E-state index is 10.0. The number of aliphatic hydroxyl groups excluding tert-OH is 1. The van der Waals surface area contributed by atoms with Gasteiger partial charge in [0.25, 0.3) is 5.95 Å². The fourth-order valence-electron chi connectivity index (χ4n) is 3.98. The summed E-state index contributed by atoms with van der Waals surface area (Å²) >= 11 is 1.87. The third-order valence-electron chi connectivity index (χ3n) is 5.80. The van der Waals surface area contributed by atoms with Gasteiger partial charge in [0.15, 0.2) is 0 Å². The first kappa shape index (κ1) is 28.1. The zero-order chi connectivity index (χ0) is 21.3. The Bertz CT molecular complexity index is 372. The van der Waals surface area contributed by atoms with Crippen LogP contribution in [-0.2, 0) is 0 Å². The molecule has 0 aromatic rings. The highest BCUT2D eigenvalue weighted by molar-refractivity contribution is 8.11. The van der Waals surface area contributed by atoms with Crippen molar-refractivity contribution in [2.45, 2.75) is 123 Å². The van der Waals surface area contributed by atoms with Gasteiger partial charge in [-0.15, -0.1) is 0 Å². The highest BCUT2D eigenvalue weighted by Crippen LogP contribution is 2.69. The average molecular weight is 434 g/mol. The number of hydrogen-bond acceptors (Lipinski definition) is 3. The molecule has 168 valence electrons. The molecule has 0 bridgehead atoms. The van der Waals surface area contributed by atoms with E-state index >= 15 is 0 Å². The van der Waals surface area contributed by atoms with Crippen LogP contribution < -0.4 is 0 Å². The fourth-order valence-corrected chi connectivity index (χ4v) is 12.4. The topological polar surface area (TPSA) is 40.5 Å². The van der Waals surface area contributed by atoms with Gasteiger partial charge < -0.3 is 10.2 Å². The zero-order valence-electron chi connectivity index (χ0n) is 19.6. The minimum Gasteiger partial charge on any atom is -0.481 e. The van der Waals surface area contributed by atoms with Crippen LogP contribution in [0.3, 0.4) is 0 Å². The van der Waals surface area contributed by atoms with E-state index in [4.69, 9.17) is 0 Å². The maximum absolute atomic E-state index is 10.0. The summed E-state index contributed by atoms with van der Waals surface area (Å²) in [6.45, 7) is 11.5. The van der Waals surface area contributed by atoms with Crippen LogP contribution in [0, 0.1) is 0 Å². The van der Waals surface area contributed by atoms with E-state index in [-0.39, 0.29) is 0 Å². The van der Waals surface area contributed by atoms with Gasteiger partial charge >= 0.3 is 0 Å². The Morgan fingerprint density at radius 1 is 0.679 bits per heavy atom. The second-order valence-corrected chi connectivity index (χ2v) is 14.4. The molecule has 1 atom stereocenters. The minimum absolute atomic E-state index is 0.401. The Kier molecular flexibility index (Phi) is 18.0. The van der Waals surface area contributed by atoms with E-state index in [0.29, 0.717) is 4.99 Å². The summed E-state index contributed by atoms with van der Waals surface area (Å²) < 4.78 is 0. The molecular weight excluding hydrogens is 383 g/mol. The summed E-state index contributed by atoms with van der Waals surface area (Å²) in [5.41, 5.74) is 0. The Morgan fingerprint density at radius 2 is 1.18 bits per heavy atom. The molecule has 0 amide bonds. The lowest BCUT2D eigenvalue weighted by molar-refractivity contribution is 0.187. The number of thioether (sulfide) groups is 1. The summed E-state index contributed by atoms with van der Waals surface area (Å²) in [6, 6.07) is 0. The molecule has 0 aromatic carbocycles. The first-order valence-corrected chi connectivity index (χ1v) is 15.4. The monoisotopic (exact) mass is 433 g/mol. The molecule has 0 rings (SSSR count). The molecule has 2 N–H and O–H groups in total. The van der Waals surface area contributed by atoms with Crippen LogP contribution >= 0.6 is 19.0 Å². The number of rotatable bonds is 19. The van der Waals surface area contributed by atoms with Gasteiger partial charge in [-0.3, -0.25) is 0 Å². The standard InChI is InChI=1S/C24H49O2PS/c1-6-11-15-16-18-22(24(25)26)28-23(17-10-5)27(19-12-7-2,20-13-8-3)21-14-9-4/h23H,6-21H2,1-5H3,(H-,25,26)/p+1. The van der Waals surface area contributed by atoms with Crippen molar-refractivity contribution in [3.05, 3.63) is 10.9 Å². The van der Waals surface area contributed by atoms with Crippen molar-refractivity contribution in [2.24, 2.45) is 0 Å². The summed E-state index contributed by atoms with van der Waals surface area (Å²) in [7, 11) is -1.10. The SMILES string of the molecule is CCCCCCC(SC(CCC)[P+](CCCC)(CCCC)CCCC)=C(O)O. The van der Waals surface area contributed by atoms with Gasteiger partial charge in [-0.05, 0) is 38.5 Å². The van der Waals surface area contributed by atoms with Gasteiger partial charge in [0.05, 0.1) is 23.4 Å². The molecule has 0 aliphatic heterocycles. The second kappa shape index (κ2) is 17.9. The number of hydrogen-bond donors (Lipinski definition) is 2. The van der Waals surface area contributed by atoms with Crippen LogP contribution in [0.4, 0.5) is 0 Å². The van der Waals surface area contributed by atoms with Crippen molar-refractivity contribution in [1.29, 1.82) is 0 Å². The maximum Gasteiger partial charge on any atom is 0.284 e.